The van der Waals surface area contributed by atoms with E-state index < -0.39 is 5.97 Å². The molecule has 2 aromatic rings. The van der Waals surface area contributed by atoms with E-state index in [-0.39, 0.29) is 24.9 Å². The fraction of sp³-hybridized carbons (Fsp3) is 0.333. The Kier molecular flexibility index (Phi) is 4.39. The number of rotatable bonds is 5. The van der Waals surface area contributed by atoms with Crippen molar-refractivity contribution in [1.82, 2.24) is 4.90 Å². The van der Waals surface area contributed by atoms with Gasteiger partial charge in [0, 0.05) is 17.3 Å². The highest BCUT2D eigenvalue weighted by atomic mass is 32.1. The van der Waals surface area contributed by atoms with Crippen molar-refractivity contribution in [2.45, 2.75) is 26.3 Å². The fourth-order valence-corrected chi connectivity index (χ4v) is 3.06. The van der Waals surface area contributed by atoms with Crippen molar-refractivity contribution in [2.75, 3.05) is 6.54 Å². The molecule has 0 atom stereocenters. The number of nitrogens with zero attached hydrogens (tertiary/aromatic N) is 1. The summed E-state index contributed by atoms with van der Waals surface area (Å²) in [6.45, 7) is 4.03. The molecule has 0 bridgehead atoms. The third-order valence-corrected chi connectivity index (χ3v) is 4.19. The molecule has 0 saturated heterocycles. The molecular formula is C15H17NO3S. The Morgan fingerprint density at radius 1 is 1.30 bits per heavy atom. The first-order valence-corrected chi connectivity index (χ1v) is 7.32. The van der Waals surface area contributed by atoms with E-state index in [0.717, 1.165) is 10.1 Å². The minimum Gasteiger partial charge on any atom is -0.481 e. The maximum absolute atomic E-state index is 12.5. The zero-order valence-electron chi connectivity index (χ0n) is 11.5. The van der Waals surface area contributed by atoms with Gasteiger partial charge in [-0.1, -0.05) is 18.2 Å². The van der Waals surface area contributed by atoms with Gasteiger partial charge in [0.2, 0.25) is 0 Å². The molecule has 1 amide bonds. The minimum atomic E-state index is -0.889. The molecule has 20 heavy (non-hydrogen) atoms. The van der Waals surface area contributed by atoms with Crippen molar-refractivity contribution in [1.29, 1.82) is 0 Å². The van der Waals surface area contributed by atoms with E-state index in [1.54, 1.807) is 4.90 Å². The number of hydrogen-bond donors (Lipinski definition) is 1. The summed E-state index contributed by atoms with van der Waals surface area (Å²) in [7, 11) is 0. The molecule has 1 N–H and O–H groups in total. The predicted molar refractivity (Wildman–Crippen MR) is 80.3 cm³/mol. The van der Waals surface area contributed by atoms with Gasteiger partial charge in [0.1, 0.15) is 0 Å². The van der Waals surface area contributed by atoms with Crippen molar-refractivity contribution in [3.63, 3.8) is 0 Å². The largest absolute Gasteiger partial charge is 0.481 e. The maximum atomic E-state index is 12.5. The van der Waals surface area contributed by atoms with E-state index in [1.165, 1.54) is 11.3 Å². The van der Waals surface area contributed by atoms with Crippen LogP contribution in [0.1, 0.15) is 29.9 Å². The fourth-order valence-electron chi connectivity index (χ4n) is 2.04. The number of carboxylic acids is 1. The van der Waals surface area contributed by atoms with E-state index >= 15 is 0 Å². The van der Waals surface area contributed by atoms with Crippen LogP contribution in [0.15, 0.2) is 30.3 Å². The number of carboxylic acid groups (broad SMARTS) is 1. The number of benzene rings is 1. The smallest absolute Gasteiger partial charge is 0.305 e. The van der Waals surface area contributed by atoms with E-state index in [4.69, 9.17) is 5.11 Å². The van der Waals surface area contributed by atoms with Crippen molar-refractivity contribution >= 4 is 33.3 Å². The molecule has 0 aliphatic heterocycles. The number of hydrogen-bond acceptors (Lipinski definition) is 3. The summed E-state index contributed by atoms with van der Waals surface area (Å²) >= 11 is 1.45. The lowest BCUT2D eigenvalue weighted by Gasteiger charge is -2.25. The molecule has 0 spiro atoms. The van der Waals surface area contributed by atoms with E-state index in [9.17, 15) is 9.59 Å². The van der Waals surface area contributed by atoms with Gasteiger partial charge in [-0.3, -0.25) is 9.59 Å². The van der Waals surface area contributed by atoms with Crippen LogP contribution in [-0.4, -0.2) is 34.5 Å². The van der Waals surface area contributed by atoms with Gasteiger partial charge in [0.15, 0.2) is 0 Å². The van der Waals surface area contributed by atoms with Gasteiger partial charge >= 0.3 is 5.97 Å². The molecule has 1 aromatic carbocycles. The molecule has 5 heteroatoms. The third kappa shape index (κ3) is 3.17. The van der Waals surface area contributed by atoms with Gasteiger partial charge in [-0.2, -0.15) is 0 Å². The van der Waals surface area contributed by atoms with Crippen LogP contribution in [0.2, 0.25) is 0 Å². The van der Waals surface area contributed by atoms with E-state index in [2.05, 4.69) is 0 Å². The average molecular weight is 291 g/mol. The second-order valence-electron chi connectivity index (χ2n) is 4.88. The van der Waals surface area contributed by atoms with Crippen LogP contribution in [0.5, 0.6) is 0 Å². The van der Waals surface area contributed by atoms with Crippen LogP contribution < -0.4 is 0 Å². The number of thiophene rings is 1. The topological polar surface area (TPSA) is 57.6 Å². The lowest BCUT2D eigenvalue weighted by atomic mass is 10.2. The third-order valence-electron chi connectivity index (χ3n) is 3.09. The van der Waals surface area contributed by atoms with Crippen LogP contribution >= 0.6 is 11.3 Å². The predicted octanol–water partition coefficient (Wildman–Crippen LogP) is 3.23. The summed E-state index contributed by atoms with van der Waals surface area (Å²) < 4.78 is 1.07. The zero-order valence-corrected chi connectivity index (χ0v) is 12.3. The van der Waals surface area contributed by atoms with Crippen LogP contribution in [0.3, 0.4) is 0 Å². The molecule has 0 saturated carbocycles. The van der Waals surface area contributed by atoms with Crippen LogP contribution in [-0.2, 0) is 4.79 Å². The summed E-state index contributed by atoms with van der Waals surface area (Å²) in [5.41, 5.74) is 0. The van der Waals surface area contributed by atoms with Crippen molar-refractivity contribution in [3.8, 4) is 0 Å². The number of carbonyl (C=O) groups excluding carboxylic acids is 1. The van der Waals surface area contributed by atoms with Gasteiger partial charge in [-0.05, 0) is 31.4 Å². The first-order chi connectivity index (χ1) is 9.49. The lowest BCUT2D eigenvalue weighted by molar-refractivity contribution is -0.137. The highest BCUT2D eigenvalue weighted by molar-refractivity contribution is 7.20. The zero-order chi connectivity index (χ0) is 14.7. The minimum absolute atomic E-state index is 0.0212. The Hall–Kier alpha value is -1.88. The van der Waals surface area contributed by atoms with Gasteiger partial charge in [-0.25, -0.2) is 0 Å². The van der Waals surface area contributed by atoms with Gasteiger partial charge < -0.3 is 10.0 Å². The molecule has 1 heterocycles. The first kappa shape index (κ1) is 14.5. The van der Waals surface area contributed by atoms with Gasteiger partial charge in [0.05, 0.1) is 11.3 Å². The number of fused-ring (bicyclic) bond motifs is 1. The molecule has 106 valence electrons. The SMILES string of the molecule is CC(C)N(CCC(=O)O)C(=O)c1cc2ccccc2s1. The monoisotopic (exact) mass is 291 g/mol. The lowest BCUT2D eigenvalue weighted by Crippen LogP contribution is -2.38. The normalized spacial score (nSPS) is 10.9. The number of amides is 1. The number of aliphatic carboxylic acids is 1. The average Bonchev–Trinajstić information content (AvgIpc) is 2.81. The van der Waals surface area contributed by atoms with E-state index in [1.807, 2.05) is 44.2 Å². The Morgan fingerprint density at radius 2 is 2.00 bits per heavy atom. The molecule has 0 fully saturated rings. The molecule has 0 unspecified atom stereocenters. The summed E-state index contributed by atoms with van der Waals surface area (Å²) in [5, 5.41) is 9.82. The Balaban J connectivity index is 2.24. The van der Waals surface area contributed by atoms with Gasteiger partial charge in [0.25, 0.3) is 5.91 Å². The highest BCUT2D eigenvalue weighted by Gasteiger charge is 2.21. The van der Waals surface area contributed by atoms with Gasteiger partial charge in [-0.15, -0.1) is 11.3 Å². The van der Waals surface area contributed by atoms with Crippen molar-refractivity contribution < 1.29 is 14.7 Å². The number of carbonyl (C=O) groups is 2. The Bertz CT molecular complexity index is 600. The van der Waals surface area contributed by atoms with E-state index in [0.29, 0.717) is 4.88 Å². The second kappa shape index (κ2) is 6.05. The standard InChI is InChI=1S/C15H17NO3S/c1-10(2)16(8-7-14(17)18)15(19)13-9-11-5-3-4-6-12(11)20-13/h3-6,9-10H,7-8H2,1-2H3,(H,17,18). The van der Waals surface area contributed by atoms with Crippen LogP contribution in [0.25, 0.3) is 10.1 Å². The molecular weight excluding hydrogens is 274 g/mol. The molecule has 2 rings (SSSR count). The molecule has 0 radical (unpaired) electrons. The Morgan fingerprint density at radius 3 is 2.60 bits per heavy atom. The van der Waals surface area contributed by atoms with Crippen molar-refractivity contribution in [3.05, 3.63) is 35.2 Å². The van der Waals surface area contributed by atoms with Crippen LogP contribution in [0, 0.1) is 0 Å². The molecule has 0 aliphatic rings. The second-order valence-corrected chi connectivity index (χ2v) is 5.97. The summed E-state index contributed by atoms with van der Waals surface area (Å²) in [5.74, 6) is -0.984. The highest BCUT2D eigenvalue weighted by Crippen LogP contribution is 2.26. The molecule has 4 nitrogen and oxygen atoms in total. The molecule has 0 aliphatic carbocycles. The quantitative estimate of drug-likeness (QED) is 0.920. The summed E-state index contributed by atoms with van der Waals surface area (Å²) in [6.07, 6.45) is -0.0329. The van der Waals surface area contributed by atoms with Crippen molar-refractivity contribution in [2.24, 2.45) is 0 Å². The molecule has 1 aromatic heterocycles. The summed E-state index contributed by atoms with van der Waals surface area (Å²) in [4.78, 5) is 25.5. The maximum Gasteiger partial charge on any atom is 0.305 e. The first-order valence-electron chi connectivity index (χ1n) is 6.50. The summed E-state index contributed by atoms with van der Waals surface area (Å²) in [6, 6.07) is 9.68. The Labute approximate surface area is 121 Å². The van der Waals surface area contributed by atoms with Crippen LogP contribution in [0.4, 0.5) is 0 Å².